The Hall–Kier alpha value is -1.21. The van der Waals surface area contributed by atoms with Crippen LogP contribution in [0, 0.1) is 4.77 Å². The zero-order valence-corrected chi connectivity index (χ0v) is 8.38. The molecule has 0 aliphatic carbocycles. The van der Waals surface area contributed by atoms with Crippen molar-refractivity contribution in [3.63, 3.8) is 0 Å². The Labute approximate surface area is 86.1 Å². The van der Waals surface area contributed by atoms with E-state index in [0.717, 1.165) is 13.1 Å². The molecular formula is C7H11N5OS. The first-order valence-electron chi connectivity index (χ1n) is 4.32. The van der Waals surface area contributed by atoms with Crippen LogP contribution in [0.15, 0.2) is 0 Å². The van der Waals surface area contributed by atoms with E-state index in [0.29, 0.717) is 25.1 Å². The number of aromatic amines is 1. The van der Waals surface area contributed by atoms with Crippen LogP contribution in [0.5, 0.6) is 0 Å². The van der Waals surface area contributed by atoms with E-state index in [1.54, 1.807) is 0 Å². The molecule has 1 aliphatic heterocycles. The molecule has 1 aromatic heterocycles. The van der Waals surface area contributed by atoms with Crippen molar-refractivity contribution in [2.24, 2.45) is 0 Å². The Morgan fingerprint density at radius 1 is 1.36 bits per heavy atom. The average molecular weight is 213 g/mol. The van der Waals surface area contributed by atoms with Crippen molar-refractivity contribution < 1.29 is 4.74 Å². The normalized spacial score (nSPS) is 17.0. The first-order chi connectivity index (χ1) is 6.75. The van der Waals surface area contributed by atoms with Crippen molar-refractivity contribution in [2.45, 2.75) is 0 Å². The van der Waals surface area contributed by atoms with Gasteiger partial charge in [0.05, 0.1) is 13.2 Å². The molecule has 7 heteroatoms. The largest absolute Gasteiger partial charge is 0.378 e. The number of hydrogen-bond acceptors (Lipinski definition) is 6. The molecule has 14 heavy (non-hydrogen) atoms. The van der Waals surface area contributed by atoms with Crippen LogP contribution in [0.1, 0.15) is 0 Å². The Bertz CT molecular complexity index is 373. The van der Waals surface area contributed by atoms with Crippen molar-refractivity contribution in [1.29, 1.82) is 0 Å². The predicted octanol–water partition coefficient (Wildman–Crippen LogP) is -0.0470. The van der Waals surface area contributed by atoms with Gasteiger partial charge in [0.1, 0.15) is 0 Å². The average Bonchev–Trinajstić information content (AvgIpc) is 2.18. The minimum atomic E-state index is 0.266. The molecule has 1 fully saturated rings. The van der Waals surface area contributed by atoms with Crippen LogP contribution in [-0.4, -0.2) is 41.3 Å². The highest BCUT2D eigenvalue weighted by molar-refractivity contribution is 7.71. The van der Waals surface area contributed by atoms with Gasteiger partial charge in [-0.2, -0.15) is 9.97 Å². The van der Waals surface area contributed by atoms with E-state index in [2.05, 4.69) is 15.0 Å². The molecule has 0 atom stereocenters. The zero-order valence-electron chi connectivity index (χ0n) is 7.56. The lowest BCUT2D eigenvalue weighted by Crippen LogP contribution is -2.37. The number of aromatic nitrogens is 3. The van der Waals surface area contributed by atoms with E-state index < -0.39 is 0 Å². The summed E-state index contributed by atoms with van der Waals surface area (Å²) < 4.78 is 5.49. The first kappa shape index (κ1) is 9.35. The van der Waals surface area contributed by atoms with E-state index in [1.807, 2.05) is 4.90 Å². The molecule has 2 heterocycles. The highest BCUT2D eigenvalue weighted by Gasteiger charge is 2.13. The number of hydrogen-bond donors (Lipinski definition) is 2. The minimum absolute atomic E-state index is 0.266. The lowest BCUT2D eigenvalue weighted by molar-refractivity contribution is 0.122. The van der Waals surface area contributed by atoms with Gasteiger partial charge < -0.3 is 15.4 Å². The van der Waals surface area contributed by atoms with E-state index in [1.165, 1.54) is 0 Å². The Balaban J connectivity index is 2.26. The van der Waals surface area contributed by atoms with Gasteiger partial charge in [0.25, 0.3) is 0 Å². The molecule has 76 valence electrons. The molecule has 6 nitrogen and oxygen atoms in total. The fourth-order valence-electron chi connectivity index (χ4n) is 1.31. The summed E-state index contributed by atoms with van der Waals surface area (Å²) in [7, 11) is 0. The number of nitrogens with one attached hydrogen (secondary N) is 1. The van der Waals surface area contributed by atoms with Crippen LogP contribution in [0.3, 0.4) is 0 Å². The number of ether oxygens (including phenoxy) is 1. The third-order valence-corrected chi connectivity index (χ3v) is 2.15. The quantitative estimate of drug-likeness (QED) is 0.637. The fourth-order valence-corrected chi connectivity index (χ4v) is 1.50. The second-order valence-corrected chi connectivity index (χ2v) is 3.30. The van der Waals surface area contributed by atoms with E-state index >= 15 is 0 Å². The van der Waals surface area contributed by atoms with Gasteiger partial charge in [0.2, 0.25) is 16.7 Å². The summed E-state index contributed by atoms with van der Waals surface area (Å²) in [5.41, 5.74) is 5.53. The van der Waals surface area contributed by atoms with Gasteiger partial charge in [-0.05, 0) is 12.2 Å². The molecule has 0 aromatic carbocycles. The SMILES string of the molecule is Nc1nc(=S)nc(N2CCOCC2)[nH]1. The monoisotopic (exact) mass is 213 g/mol. The minimum Gasteiger partial charge on any atom is -0.378 e. The number of morpholine rings is 1. The number of rotatable bonds is 1. The molecule has 0 saturated carbocycles. The highest BCUT2D eigenvalue weighted by atomic mass is 32.1. The van der Waals surface area contributed by atoms with Crippen LogP contribution in [0.25, 0.3) is 0 Å². The Morgan fingerprint density at radius 2 is 2.07 bits per heavy atom. The van der Waals surface area contributed by atoms with Crippen molar-refractivity contribution >= 4 is 24.1 Å². The molecule has 0 bridgehead atoms. The maximum Gasteiger partial charge on any atom is 0.225 e. The number of nitrogen functional groups attached to an aromatic ring is 1. The predicted molar refractivity (Wildman–Crippen MR) is 54.7 cm³/mol. The molecule has 0 spiro atoms. The van der Waals surface area contributed by atoms with Crippen molar-refractivity contribution in [2.75, 3.05) is 36.9 Å². The van der Waals surface area contributed by atoms with Gasteiger partial charge >= 0.3 is 0 Å². The number of anilines is 2. The topological polar surface area (TPSA) is 80.1 Å². The number of nitrogens with two attached hydrogens (primary N) is 1. The summed E-state index contributed by atoms with van der Waals surface area (Å²) in [6, 6.07) is 0. The summed E-state index contributed by atoms with van der Waals surface area (Å²) in [5.74, 6) is 0.970. The van der Waals surface area contributed by atoms with Crippen LogP contribution in [-0.2, 0) is 4.74 Å². The summed E-state index contributed by atoms with van der Waals surface area (Å²) in [6.07, 6.45) is 0. The molecule has 3 N–H and O–H groups in total. The van der Waals surface area contributed by atoms with E-state index in [-0.39, 0.29) is 4.77 Å². The molecule has 1 saturated heterocycles. The van der Waals surface area contributed by atoms with Crippen molar-refractivity contribution in [3.8, 4) is 0 Å². The standard InChI is InChI=1S/C7H11N5OS/c8-5-9-6(11-7(14)10-5)12-1-3-13-4-2-12/h1-4H2,(H3,8,9,10,11,14). The second-order valence-electron chi connectivity index (χ2n) is 2.94. The van der Waals surface area contributed by atoms with Gasteiger partial charge in [-0.1, -0.05) is 0 Å². The summed E-state index contributed by atoms with van der Waals surface area (Å²) in [5, 5.41) is 0. The van der Waals surface area contributed by atoms with Crippen LogP contribution in [0.4, 0.5) is 11.9 Å². The lowest BCUT2D eigenvalue weighted by Gasteiger charge is -2.27. The van der Waals surface area contributed by atoms with Gasteiger partial charge in [0, 0.05) is 13.1 Å². The molecule has 0 unspecified atom stereocenters. The molecule has 1 aliphatic rings. The fraction of sp³-hybridized carbons (Fsp3) is 0.571. The van der Waals surface area contributed by atoms with Crippen LogP contribution >= 0.6 is 12.2 Å². The first-order valence-corrected chi connectivity index (χ1v) is 4.73. The molecule has 0 radical (unpaired) electrons. The molecular weight excluding hydrogens is 202 g/mol. The second kappa shape index (κ2) is 3.89. The molecule has 2 rings (SSSR count). The van der Waals surface area contributed by atoms with Gasteiger partial charge in [0.15, 0.2) is 0 Å². The van der Waals surface area contributed by atoms with Crippen LogP contribution < -0.4 is 10.6 Å². The van der Waals surface area contributed by atoms with Crippen molar-refractivity contribution in [3.05, 3.63) is 4.77 Å². The maximum atomic E-state index is 5.53. The van der Waals surface area contributed by atoms with E-state index in [9.17, 15) is 0 Å². The maximum absolute atomic E-state index is 5.53. The van der Waals surface area contributed by atoms with Gasteiger partial charge in [-0.3, -0.25) is 4.98 Å². The summed E-state index contributed by atoms with van der Waals surface area (Å²) in [6.45, 7) is 2.98. The third-order valence-electron chi connectivity index (χ3n) is 1.97. The highest BCUT2D eigenvalue weighted by Crippen LogP contribution is 2.09. The lowest BCUT2D eigenvalue weighted by atomic mass is 10.4. The molecule has 1 aromatic rings. The summed E-state index contributed by atoms with van der Waals surface area (Å²) in [4.78, 5) is 12.8. The third kappa shape index (κ3) is 1.99. The zero-order chi connectivity index (χ0) is 9.97. The number of nitrogens with zero attached hydrogens (tertiary/aromatic N) is 3. The van der Waals surface area contributed by atoms with Crippen LogP contribution in [0.2, 0.25) is 0 Å². The Morgan fingerprint density at radius 3 is 2.71 bits per heavy atom. The van der Waals surface area contributed by atoms with Gasteiger partial charge in [-0.25, -0.2) is 0 Å². The summed E-state index contributed by atoms with van der Waals surface area (Å²) >= 11 is 4.88. The Kier molecular flexibility index (Phi) is 2.60. The molecule has 0 amide bonds. The van der Waals surface area contributed by atoms with Crippen molar-refractivity contribution in [1.82, 2.24) is 15.0 Å². The smallest absolute Gasteiger partial charge is 0.225 e. The number of H-pyrrole nitrogens is 1. The van der Waals surface area contributed by atoms with E-state index in [4.69, 9.17) is 22.7 Å². The van der Waals surface area contributed by atoms with Gasteiger partial charge in [-0.15, -0.1) is 0 Å².